The molecule has 0 aliphatic carbocycles. The molecule has 21 heavy (non-hydrogen) atoms. The van der Waals surface area contributed by atoms with Crippen LogP contribution in [0.4, 0.5) is 0 Å². The Morgan fingerprint density at radius 1 is 1.43 bits per heavy atom. The van der Waals surface area contributed by atoms with E-state index in [-0.39, 0.29) is 22.5 Å². The molecule has 2 rings (SSSR count). The molecule has 1 saturated heterocycles. The fourth-order valence-electron chi connectivity index (χ4n) is 2.24. The van der Waals surface area contributed by atoms with Crippen LogP contribution >= 0.6 is 11.8 Å². The molecule has 114 valence electrons. The van der Waals surface area contributed by atoms with Crippen LogP contribution in [0.2, 0.25) is 0 Å². The second-order valence-electron chi connectivity index (χ2n) is 5.21. The van der Waals surface area contributed by atoms with Crippen LogP contribution in [-0.2, 0) is 11.8 Å². The Morgan fingerprint density at radius 3 is 2.62 bits per heavy atom. The molecule has 2 heterocycles. The molecular weight excluding hydrogens is 294 g/mol. The zero-order valence-electron chi connectivity index (χ0n) is 12.0. The van der Waals surface area contributed by atoms with E-state index in [0.29, 0.717) is 5.75 Å². The molecule has 7 nitrogen and oxygen atoms in total. The number of hydrogen-bond donors (Lipinski definition) is 1. The number of aliphatic carboxylic acids is 1. The number of carboxylic acid groups (broad SMARTS) is 1. The number of hydrogen-bond acceptors (Lipinski definition) is 5. The van der Waals surface area contributed by atoms with E-state index in [9.17, 15) is 19.5 Å². The molecule has 1 aliphatic heterocycles. The Labute approximate surface area is 125 Å². The summed E-state index contributed by atoms with van der Waals surface area (Å²) < 4.78 is 1.07. The second-order valence-corrected chi connectivity index (χ2v) is 6.36. The van der Waals surface area contributed by atoms with E-state index in [2.05, 4.69) is 5.10 Å². The molecule has 1 amide bonds. The van der Waals surface area contributed by atoms with E-state index in [4.69, 9.17) is 0 Å². The van der Waals surface area contributed by atoms with Gasteiger partial charge in [-0.15, -0.1) is 11.8 Å². The van der Waals surface area contributed by atoms with Crippen molar-refractivity contribution in [2.75, 3.05) is 5.75 Å². The van der Waals surface area contributed by atoms with Gasteiger partial charge in [-0.1, -0.05) is 13.8 Å². The molecule has 1 aromatic heterocycles. The van der Waals surface area contributed by atoms with E-state index in [1.165, 1.54) is 35.8 Å². The van der Waals surface area contributed by atoms with Crippen LogP contribution in [0, 0.1) is 5.92 Å². The minimum absolute atomic E-state index is 0.0801. The first kappa shape index (κ1) is 15.6. The number of aromatic nitrogens is 2. The molecule has 0 spiro atoms. The number of aryl methyl sites for hydroxylation is 1. The van der Waals surface area contributed by atoms with Gasteiger partial charge in [-0.3, -0.25) is 9.59 Å². The summed E-state index contributed by atoms with van der Waals surface area (Å²) in [6.45, 7) is 3.88. The van der Waals surface area contributed by atoms with E-state index >= 15 is 0 Å². The Kier molecular flexibility index (Phi) is 4.36. The minimum Gasteiger partial charge on any atom is -0.480 e. The summed E-state index contributed by atoms with van der Waals surface area (Å²) in [5.74, 6) is -1.00. The smallest absolute Gasteiger partial charge is 0.327 e. The predicted molar refractivity (Wildman–Crippen MR) is 78.2 cm³/mol. The Morgan fingerprint density at radius 2 is 2.10 bits per heavy atom. The standard InChI is InChI=1S/C13H17N3O4S/c1-7(2)12-16(9(6-21-12)13(19)20)11(18)8-4-5-10(17)15(3)14-8/h4-5,7,9,12H,6H2,1-3H3,(H,19,20). The molecular formula is C13H17N3O4S. The number of amides is 1. The van der Waals surface area contributed by atoms with Gasteiger partial charge in [0.05, 0.1) is 5.37 Å². The zero-order valence-corrected chi connectivity index (χ0v) is 12.8. The Bertz CT molecular complexity index is 628. The van der Waals surface area contributed by atoms with Crippen molar-refractivity contribution >= 4 is 23.6 Å². The molecule has 8 heteroatoms. The van der Waals surface area contributed by atoms with Crippen molar-refractivity contribution in [3.63, 3.8) is 0 Å². The van der Waals surface area contributed by atoms with Gasteiger partial charge < -0.3 is 10.0 Å². The minimum atomic E-state index is -1.02. The lowest BCUT2D eigenvalue weighted by atomic mass is 10.1. The Hall–Kier alpha value is -1.83. The second kappa shape index (κ2) is 5.88. The number of carbonyl (C=O) groups excluding carboxylic acids is 1. The first-order valence-electron chi connectivity index (χ1n) is 6.54. The third-order valence-corrected chi connectivity index (χ3v) is 4.93. The van der Waals surface area contributed by atoms with Crippen molar-refractivity contribution in [2.45, 2.75) is 25.3 Å². The average Bonchev–Trinajstić information content (AvgIpc) is 2.86. The van der Waals surface area contributed by atoms with Gasteiger partial charge in [-0.25, -0.2) is 9.48 Å². The van der Waals surface area contributed by atoms with Crippen molar-refractivity contribution in [3.8, 4) is 0 Å². The van der Waals surface area contributed by atoms with Gasteiger partial charge in [0.1, 0.15) is 11.7 Å². The van der Waals surface area contributed by atoms with E-state index in [1.54, 1.807) is 0 Å². The lowest BCUT2D eigenvalue weighted by molar-refractivity contribution is -0.141. The molecule has 0 saturated carbocycles. The quantitative estimate of drug-likeness (QED) is 0.869. The highest BCUT2D eigenvalue weighted by molar-refractivity contribution is 8.00. The number of carboxylic acids is 1. The molecule has 1 aromatic rings. The van der Waals surface area contributed by atoms with Crippen LogP contribution in [0.3, 0.4) is 0 Å². The number of thioether (sulfide) groups is 1. The van der Waals surface area contributed by atoms with Crippen LogP contribution in [-0.4, -0.2) is 48.8 Å². The van der Waals surface area contributed by atoms with Crippen molar-refractivity contribution in [2.24, 2.45) is 13.0 Å². The fourth-order valence-corrected chi connectivity index (χ4v) is 3.71. The van der Waals surface area contributed by atoms with Gasteiger partial charge >= 0.3 is 5.97 Å². The lowest BCUT2D eigenvalue weighted by Crippen LogP contribution is -2.47. The molecule has 0 aromatic carbocycles. The number of nitrogens with zero attached hydrogens (tertiary/aromatic N) is 3. The third-order valence-electron chi connectivity index (χ3n) is 3.30. The largest absolute Gasteiger partial charge is 0.480 e. The van der Waals surface area contributed by atoms with Gasteiger partial charge in [-0.05, 0) is 12.0 Å². The van der Waals surface area contributed by atoms with Crippen molar-refractivity contribution in [1.82, 2.24) is 14.7 Å². The molecule has 2 atom stereocenters. The van der Waals surface area contributed by atoms with Gasteiger partial charge in [-0.2, -0.15) is 5.10 Å². The zero-order chi connectivity index (χ0) is 15.7. The maximum Gasteiger partial charge on any atom is 0.327 e. The molecule has 1 aliphatic rings. The number of carbonyl (C=O) groups is 2. The van der Waals surface area contributed by atoms with Crippen LogP contribution < -0.4 is 5.56 Å². The van der Waals surface area contributed by atoms with Gasteiger partial charge in [0.25, 0.3) is 11.5 Å². The summed E-state index contributed by atoms with van der Waals surface area (Å²) in [6.07, 6.45) is 0. The lowest BCUT2D eigenvalue weighted by Gasteiger charge is -2.29. The molecule has 1 N–H and O–H groups in total. The van der Waals surface area contributed by atoms with E-state index in [1.807, 2.05) is 13.8 Å². The molecule has 1 fully saturated rings. The summed E-state index contributed by atoms with van der Waals surface area (Å²) >= 11 is 1.45. The SMILES string of the molecule is CC(C)C1SCC(C(=O)O)N1C(=O)c1ccc(=O)n(C)n1. The summed E-state index contributed by atoms with van der Waals surface area (Å²) in [5.41, 5.74) is -0.242. The average molecular weight is 311 g/mol. The maximum absolute atomic E-state index is 12.6. The third kappa shape index (κ3) is 2.94. The maximum atomic E-state index is 12.6. The van der Waals surface area contributed by atoms with Crippen LogP contribution in [0.1, 0.15) is 24.3 Å². The van der Waals surface area contributed by atoms with Crippen LogP contribution in [0.15, 0.2) is 16.9 Å². The van der Waals surface area contributed by atoms with Gasteiger partial charge in [0, 0.05) is 18.9 Å². The highest BCUT2D eigenvalue weighted by atomic mass is 32.2. The first-order chi connectivity index (χ1) is 9.82. The predicted octanol–water partition coefficient (Wildman–Crippen LogP) is 0.405. The number of rotatable bonds is 3. The monoisotopic (exact) mass is 311 g/mol. The summed E-state index contributed by atoms with van der Waals surface area (Å²) in [6, 6.07) is 1.72. The Balaban J connectivity index is 2.38. The van der Waals surface area contributed by atoms with Crippen LogP contribution in [0.25, 0.3) is 0 Å². The van der Waals surface area contributed by atoms with Crippen LogP contribution in [0.5, 0.6) is 0 Å². The fraction of sp³-hybridized carbons (Fsp3) is 0.538. The summed E-state index contributed by atoms with van der Waals surface area (Å²) in [5, 5.41) is 13.0. The van der Waals surface area contributed by atoms with Gasteiger partial charge in [0.15, 0.2) is 0 Å². The van der Waals surface area contributed by atoms with Crippen molar-refractivity contribution in [3.05, 3.63) is 28.2 Å². The van der Waals surface area contributed by atoms with E-state index in [0.717, 1.165) is 4.68 Å². The normalized spacial score (nSPS) is 21.8. The summed E-state index contributed by atoms with van der Waals surface area (Å²) in [7, 11) is 1.45. The van der Waals surface area contributed by atoms with Gasteiger partial charge in [0.2, 0.25) is 0 Å². The molecule has 0 bridgehead atoms. The first-order valence-corrected chi connectivity index (χ1v) is 7.59. The topological polar surface area (TPSA) is 92.5 Å². The summed E-state index contributed by atoms with van der Waals surface area (Å²) in [4.78, 5) is 36.7. The van der Waals surface area contributed by atoms with E-state index < -0.39 is 17.9 Å². The molecule has 0 radical (unpaired) electrons. The highest BCUT2D eigenvalue weighted by Crippen LogP contribution is 2.34. The molecule has 2 unspecified atom stereocenters. The van der Waals surface area contributed by atoms with Crippen molar-refractivity contribution < 1.29 is 14.7 Å². The van der Waals surface area contributed by atoms with Crippen molar-refractivity contribution in [1.29, 1.82) is 0 Å². The highest BCUT2D eigenvalue weighted by Gasteiger charge is 2.43.